The van der Waals surface area contributed by atoms with Crippen LogP contribution in [-0.4, -0.2) is 18.8 Å². The molecule has 3 nitrogen and oxygen atoms in total. The number of aryl methyl sites for hydroxylation is 1. The van der Waals surface area contributed by atoms with Crippen LogP contribution in [0.1, 0.15) is 5.56 Å². The Morgan fingerprint density at radius 3 is 2.55 bits per heavy atom. The van der Waals surface area contributed by atoms with E-state index in [0.29, 0.717) is 17.3 Å². The molecule has 2 aromatic carbocycles. The van der Waals surface area contributed by atoms with Crippen LogP contribution in [0.5, 0.6) is 5.75 Å². The van der Waals surface area contributed by atoms with E-state index in [0.717, 1.165) is 16.7 Å². The Bertz CT molecular complexity index is 624. The molecule has 0 unspecified atom stereocenters. The zero-order valence-electron chi connectivity index (χ0n) is 11.6. The molecule has 0 amide bonds. The van der Waals surface area contributed by atoms with Gasteiger partial charge < -0.3 is 10.5 Å². The third-order valence-electron chi connectivity index (χ3n) is 3.01. The van der Waals surface area contributed by atoms with Crippen molar-refractivity contribution in [2.75, 3.05) is 13.0 Å². The smallest absolute Gasteiger partial charge is 0.145 e. The quantitative estimate of drug-likeness (QED) is 0.527. The summed E-state index contributed by atoms with van der Waals surface area (Å²) in [4.78, 5) is 4.28. The fourth-order valence-electron chi connectivity index (χ4n) is 2.04. The Balaban J connectivity index is 2.54. The number of ether oxygens (including phenoxy) is 1. The molecule has 0 radical (unpaired) electrons. The summed E-state index contributed by atoms with van der Waals surface area (Å²) in [5.74, 6) is 1.25. The van der Waals surface area contributed by atoms with Crippen molar-refractivity contribution < 1.29 is 4.74 Å². The Morgan fingerprint density at radius 2 is 1.95 bits per heavy atom. The lowest BCUT2D eigenvalue weighted by molar-refractivity contribution is 0.416. The van der Waals surface area contributed by atoms with Crippen molar-refractivity contribution in [3.05, 3.63) is 48.0 Å². The molecule has 0 aliphatic rings. The van der Waals surface area contributed by atoms with Gasteiger partial charge in [-0.3, -0.25) is 0 Å². The number of nitrogens with two attached hydrogens (primary N) is 1. The van der Waals surface area contributed by atoms with Crippen molar-refractivity contribution in [1.29, 1.82) is 0 Å². The molecule has 0 atom stereocenters. The van der Waals surface area contributed by atoms with Gasteiger partial charge in [-0.25, -0.2) is 4.99 Å². The third kappa shape index (κ3) is 3.11. The molecule has 0 aliphatic heterocycles. The molecule has 0 saturated carbocycles. The maximum absolute atomic E-state index is 5.69. The first-order chi connectivity index (χ1) is 9.65. The highest BCUT2D eigenvalue weighted by Gasteiger charge is 2.09. The summed E-state index contributed by atoms with van der Waals surface area (Å²) >= 11 is 5.67. The van der Waals surface area contributed by atoms with Gasteiger partial charge in [-0.15, -0.1) is 11.6 Å². The van der Waals surface area contributed by atoms with Gasteiger partial charge in [-0.05, 0) is 35.7 Å². The third-order valence-corrected chi connectivity index (χ3v) is 3.29. The van der Waals surface area contributed by atoms with E-state index in [2.05, 4.69) is 17.1 Å². The lowest BCUT2D eigenvalue weighted by Crippen LogP contribution is -2.12. The van der Waals surface area contributed by atoms with Crippen molar-refractivity contribution in [3.8, 4) is 16.9 Å². The maximum Gasteiger partial charge on any atom is 0.145 e. The molecule has 0 bridgehead atoms. The van der Waals surface area contributed by atoms with E-state index in [9.17, 15) is 0 Å². The summed E-state index contributed by atoms with van der Waals surface area (Å²) < 4.78 is 5.40. The van der Waals surface area contributed by atoms with Gasteiger partial charge in [0.1, 0.15) is 17.3 Å². The maximum atomic E-state index is 5.69. The van der Waals surface area contributed by atoms with Gasteiger partial charge in [0.25, 0.3) is 0 Å². The van der Waals surface area contributed by atoms with Crippen LogP contribution in [0.3, 0.4) is 0 Å². The molecule has 0 saturated heterocycles. The van der Waals surface area contributed by atoms with Crippen LogP contribution in [0.25, 0.3) is 11.1 Å². The molecule has 0 heterocycles. The van der Waals surface area contributed by atoms with Crippen molar-refractivity contribution in [1.82, 2.24) is 0 Å². The van der Waals surface area contributed by atoms with E-state index >= 15 is 0 Å². The predicted octanol–water partition coefficient (Wildman–Crippen LogP) is 3.90. The van der Waals surface area contributed by atoms with E-state index in [1.807, 2.05) is 37.3 Å². The van der Waals surface area contributed by atoms with Gasteiger partial charge in [0.05, 0.1) is 13.0 Å². The second-order valence-electron chi connectivity index (χ2n) is 4.44. The monoisotopic (exact) mass is 288 g/mol. The molecule has 2 rings (SSSR count). The molecule has 0 spiro atoms. The summed E-state index contributed by atoms with van der Waals surface area (Å²) in [6, 6.07) is 14.1. The lowest BCUT2D eigenvalue weighted by Gasteiger charge is -2.12. The van der Waals surface area contributed by atoms with Crippen molar-refractivity contribution >= 4 is 23.1 Å². The minimum atomic E-state index is 0.197. The second kappa shape index (κ2) is 6.44. The molecule has 104 valence electrons. The lowest BCUT2D eigenvalue weighted by atomic mass is 9.99. The van der Waals surface area contributed by atoms with Crippen LogP contribution in [-0.2, 0) is 0 Å². The van der Waals surface area contributed by atoms with E-state index < -0.39 is 0 Å². The van der Waals surface area contributed by atoms with Crippen LogP contribution in [0, 0.1) is 6.92 Å². The molecule has 4 heteroatoms. The number of benzene rings is 2. The number of halogens is 1. The Hall–Kier alpha value is -2.00. The van der Waals surface area contributed by atoms with Crippen molar-refractivity contribution in [2.45, 2.75) is 6.92 Å². The Labute approximate surface area is 124 Å². The van der Waals surface area contributed by atoms with Gasteiger partial charge in [-0.2, -0.15) is 0 Å². The zero-order valence-corrected chi connectivity index (χ0v) is 12.3. The number of hydrogen-bond donors (Lipinski definition) is 1. The van der Waals surface area contributed by atoms with E-state index in [1.54, 1.807) is 7.11 Å². The average Bonchev–Trinajstić information content (AvgIpc) is 2.48. The first-order valence-corrected chi connectivity index (χ1v) is 6.82. The SMILES string of the molecule is COc1cc(-c2ccccc2)c(C)cc1N=C(N)CCl. The minimum absolute atomic E-state index is 0.197. The first-order valence-electron chi connectivity index (χ1n) is 6.28. The summed E-state index contributed by atoms with van der Waals surface area (Å²) in [7, 11) is 1.62. The largest absolute Gasteiger partial charge is 0.494 e. The first kappa shape index (κ1) is 14.4. The van der Waals surface area contributed by atoms with Crippen LogP contribution in [0.4, 0.5) is 5.69 Å². The fourth-order valence-corrected chi connectivity index (χ4v) is 2.10. The van der Waals surface area contributed by atoms with Crippen LogP contribution < -0.4 is 10.5 Å². The number of hydrogen-bond acceptors (Lipinski definition) is 2. The number of alkyl halides is 1. The Kier molecular flexibility index (Phi) is 4.64. The number of nitrogens with zero attached hydrogens (tertiary/aromatic N) is 1. The predicted molar refractivity (Wildman–Crippen MR) is 85.2 cm³/mol. The van der Waals surface area contributed by atoms with E-state index in [1.165, 1.54) is 0 Å². The summed E-state index contributed by atoms with van der Waals surface area (Å²) in [5, 5.41) is 0. The van der Waals surface area contributed by atoms with Crippen molar-refractivity contribution in [3.63, 3.8) is 0 Å². The number of amidine groups is 1. The molecular formula is C16H17ClN2O. The van der Waals surface area contributed by atoms with Crippen LogP contribution in [0.2, 0.25) is 0 Å². The summed E-state index contributed by atoms with van der Waals surface area (Å²) in [6.45, 7) is 2.04. The minimum Gasteiger partial charge on any atom is -0.494 e. The summed E-state index contributed by atoms with van der Waals surface area (Å²) in [5.41, 5.74) is 9.76. The molecule has 0 aliphatic carbocycles. The van der Waals surface area contributed by atoms with Gasteiger partial charge in [-0.1, -0.05) is 30.3 Å². The van der Waals surface area contributed by atoms with Gasteiger partial charge >= 0.3 is 0 Å². The average molecular weight is 289 g/mol. The summed E-state index contributed by atoms with van der Waals surface area (Å²) in [6.07, 6.45) is 0. The normalized spacial score (nSPS) is 11.4. The standard InChI is InChI=1S/C16H17ClN2O/c1-11-8-14(19-16(18)10-17)15(20-2)9-13(11)12-6-4-3-5-7-12/h3-9H,10H2,1-2H3,(H2,18,19). The van der Waals surface area contributed by atoms with Gasteiger partial charge in [0, 0.05) is 0 Å². The van der Waals surface area contributed by atoms with E-state index in [4.69, 9.17) is 22.1 Å². The van der Waals surface area contributed by atoms with Crippen LogP contribution in [0.15, 0.2) is 47.5 Å². The molecule has 0 fully saturated rings. The highest BCUT2D eigenvalue weighted by molar-refractivity contribution is 6.28. The molecule has 0 aromatic heterocycles. The topological polar surface area (TPSA) is 47.6 Å². The zero-order chi connectivity index (χ0) is 14.5. The fraction of sp³-hybridized carbons (Fsp3) is 0.188. The molecule has 20 heavy (non-hydrogen) atoms. The highest BCUT2D eigenvalue weighted by atomic mass is 35.5. The van der Waals surface area contributed by atoms with Gasteiger partial charge in [0.2, 0.25) is 0 Å². The highest BCUT2D eigenvalue weighted by Crippen LogP contribution is 2.35. The number of methoxy groups -OCH3 is 1. The van der Waals surface area contributed by atoms with Crippen molar-refractivity contribution in [2.24, 2.45) is 10.7 Å². The molecule has 2 N–H and O–H groups in total. The number of aliphatic imine (C=N–C) groups is 1. The second-order valence-corrected chi connectivity index (χ2v) is 4.71. The van der Waals surface area contributed by atoms with E-state index in [-0.39, 0.29) is 5.88 Å². The van der Waals surface area contributed by atoms with Crippen LogP contribution >= 0.6 is 11.6 Å². The molecular weight excluding hydrogens is 272 g/mol. The van der Waals surface area contributed by atoms with Gasteiger partial charge in [0.15, 0.2) is 0 Å². The number of rotatable bonds is 4. The Morgan fingerprint density at radius 1 is 1.25 bits per heavy atom. The molecule has 2 aromatic rings.